The van der Waals surface area contributed by atoms with Crippen molar-refractivity contribution in [3.8, 4) is 0 Å². The Hall–Kier alpha value is -2.10. The zero-order valence-electron chi connectivity index (χ0n) is 35.9. The van der Waals surface area contributed by atoms with Crippen molar-refractivity contribution < 1.29 is 152 Å². The highest BCUT2D eigenvalue weighted by molar-refractivity contribution is 7.81. The van der Waals surface area contributed by atoms with Gasteiger partial charge in [-0.2, -0.15) is 33.7 Å². The molecule has 33 nitrogen and oxygen atoms in total. The van der Waals surface area contributed by atoms with Crippen molar-refractivity contribution in [3.05, 3.63) is 0 Å². The van der Waals surface area contributed by atoms with Crippen molar-refractivity contribution in [2.45, 2.75) is 145 Å². The Bertz CT molecular complexity index is 2040. The average molecular weight is 1090 g/mol. The molecule has 18 atom stereocenters. The molecule has 0 spiro atoms. The van der Waals surface area contributed by atoms with Crippen LogP contribution < -0.4 is 0 Å². The third-order valence-corrected chi connectivity index (χ3v) is 11.7. The third-order valence-electron chi connectivity index (χ3n) is 9.91. The molecule has 0 aromatic heterocycles. The zero-order valence-corrected chi connectivity index (χ0v) is 39.2. The lowest BCUT2D eigenvalue weighted by Crippen LogP contribution is -2.62. The minimum Gasteiger partial charge on any atom is -0.481 e. The van der Waals surface area contributed by atoms with Gasteiger partial charge >= 0.3 is 53.5 Å². The molecule has 37 heteroatoms. The van der Waals surface area contributed by atoms with E-state index in [1.165, 1.54) is 0 Å². The molecule has 18 unspecified atom stereocenters. The fraction of sp³-hybridized carbons (Fsp3) is 0.935. The SMILES string of the molecule is CCCCCOC(O)C(OS(=O)(=O)O)C(O)C(CC(=O)O)OC1OC(COS(=O)(=O)O)C(OC(OS(=O)(=O)O)C(O)C(OC2OC(COS(=O)(=O)O)C(O)C(O)C2C)C(OC)C(=O)O)C(O)C1C. The van der Waals surface area contributed by atoms with Crippen molar-refractivity contribution in [3.63, 3.8) is 0 Å². The smallest absolute Gasteiger partial charge is 0.399 e. The van der Waals surface area contributed by atoms with Crippen LogP contribution in [0.5, 0.6) is 0 Å². The van der Waals surface area contributed by atoms with Gasteiger partial charge in [0, 0.05) is 25.6 Å². The van der Waals surface area contributed by atoms with E-state index in [0.717, 1.165) is 13.8 Å². The maximum absolute atomic E-state index is 12.4. The molecule has 2 aliphatic heterocycles. The third kappa shape index (κ3) is 20.2. The monoisotopic (exact) mass is 1080 g/mol. The van der Waals surface area contributed by atoms with E-state index in [9.17, 15) is 97.8 Å². The summed E-state index contributed by atoms with van der Waals surface area (Å²) in [7, 11) is -21.5. The fourth-order valence-corrected chi connectivity index (χ4v) is 8.00. The number of aliphatic carboxylic acids is 2. The van der Waals surface area contributed by atoms with Gasteiger partial charge in [0.1, 0.15) is 42.7 Å². The fourth-order valence-electron chi connectivity index (χ4n) is 6.50. The quantitative estimate of drug-likeness (QED) is 0.0175. The van der Waals surface area contributed by atoms with E-state index in [1.807, 2.05) is 0 Å². The first-order valence-corrected chi connectivity index (χ1v) is 25.1. The van der Waals surface area contributed by atoms with Crippen LogP contribution >= 0.6 is 0 Å². The highest BCUT2D eigenvalue weighted by Gasteiger charge is 2.53. The van der Waals surface area contributed by atoms with Gasteiger partial charge in [-0.1, -0.05) is 33.6 Å². The summed E-state index contributed by atoms with van der Waals surface area (Å²) in [5, 5.41) is 85.6. The van der Waals surface area contributed by atoms with Gasteiger partial charge < -0.3 is 74.0 Å². The lowest BCUT2D eigenvalue weighted by Gasteiger charge is -2.46. The maximum atomic E-state index is 12.4. The standard InChI is InChI=1S/C31H56O33S4/c1-5-6-7-8-55-28(41)25(63-67(48,49)50)21(37)14(9-17(32)33)58-29-13(3)19(35)23(16(60-29)11-57-66(45,46)47)61-31(64-68(51,52)53)22(38)24(26(54-4)27(39)40)62-30-12(2)18(34)20(36)15(59-30)10-56-65(42,43)44/h12-16,18-26,28-31,34-38,41H,5-11H2,1-4H3,(H,32,33)(H,39,40)(H,42,43,44)(H,45,46,47)(H,48,49,50)(H,51,52,53). The number of aliphatic hydroxyl groups excluding tert-OH is 6. The second-order valence-electron chi connectivity index (χ2n) is 15.0. The number of rotatable bonds is 31. The second-order valence-corrected chi connectivity index (χ2v) is 19.3. The minimum absolute atomic E-state index is 0.272. The van der Waals surface area contributed by atoms with Crippen LogP contribution in [-0.2, 0) is 101 Å². The van der Waals surface area contributed by atoms with Crippen LogP contribution in [0.1, 0.15) is 46.5 Å². The van der Waals surface area contributed by atoms with Crippen LogP contribution in [0.4, 0.5) is 0 Å². The Morgan fingerprint density at radius 2 is 1.16 bits per heavy atom. The summed E-state index contributed by atoms with van der Waals surface area (Å²) < 4.78 is 186. The first-order chi connectivity index (χ1) is 31.1. The minimum atomic E-state index is -5.90. The topological polar surface area (TPSA) is 515 Å². The summed E-state index contributed by atoms with van der Waals surface area (Å²) in [6.45, 7) is 0.857. The molecule has 2 aliphatic rings. The van der Waals surface area contributed by atoms with Crippen molar-refractivity contribution in [1.82, 2.24) is 0 Å². The first kappa shape index (κ1) is 62.0. The van der Waals surface area contributed by atoms with E-state index in [2.05, 4.69) is 16.7 Å². The number of carboxylic acids is 2. The summed E-state index contributed by atoms with van der Waals surface area (Å²) in [5.41, 5.74) is 0. The number of carbonyl (C=O) groups is 2. The largest absolute Gasteiger partial charge is 0.481 e. The Morgan fingerprint density at radius 3 is 1.65 bits per heavy atom. The van der Waals surface area contributed by atoms with E-state index in [1.54, 1.807) is 6.92 Å². The van der Waals surface area contributed by atoms with Gasteiger partial charge in [-0.15, -0.1) is 0 Å². The molecule has 2 saturated heterocycles. The van der Waals surface area contributed by atoms with Crippen LogP contribution in [0.3, 0.4) is 0 Å². The van der Waals surface area contributed by atoms with Gasteiger partial charge in [0.2, 0.25) is 6.29 Å². The van der Waals surface area contributed by atoms with Gasteiger partial charge in [0.05, 0.1) is 37.9 Å². The molecule has 0 bridgehead atoms. The van der Waals surface area contributed by atoms with E-state index in [0.29, 0.717) is 20.0 Å². The molecule has 402 valence electrons. The summed E-state index contributed by atoms with van der Waals surface area (Å²) in [4.78, 5) is 24.3. The summed E-state index contributed by atoms with van der Waals surface area (Å²) in [6.07, 6.45) is -38.0. The molecule has 0 aliphatic carbocycles. The second kappa shape index (κ2) is 26.6. The predicted octanol–water partition coefficient (Wildman–Crippen LogP) is -5.26. The van der Waals surface area contributed by atoms with E-state index in [-0.39, 0.29) is 13.0 Å². The Labute approximate surface area is 388 Å². The van der Waals surface area contributed by atoms with Crippen molar-refractivity contribution in [2.75, 3.05) is 26.9 Å². The number of hydrogen-bond donors (Lipinski definition) is 12. The molecule has 0 aromatic rings. The van der Waals surface area contributed by atoms with Crippen LogP contribution in [0.25, 0.3) is 0 Å². The highest BCUT2D eigenvalue weighted by atomic mass is 32.3. The van der Waals surface area contributed by atoms with Crippen molar-refractivity contribution >= 4 is 53.5 Å². The maximum Gasteiger partial charge on any atom is 0.399 e. The molecule has 0 radical (unpaired) electrons. The predicted molar refractivity (Wildman–Crippen MR) is 210 cm³/mol. The molecular formula is C31H56O33S4. The number of unbranched alkanes of at least 4 members (excludes halogenated alkanes) is 2. The molecule has 2 heterocycles. The average Bonchev–Trinajstić information content (AvgIpc) is 3.20. The summed E-state index contributed by atoms with van der Waals surface area (Å²) >= 11 is 0. The molecule has 68 heavy (non-hydrogen) atoms. The summed E-state index contributed by atoms with van der Waals surface area (Å²) in [6, 6.07) is 0. The number of aliphatic hydroxyl groups is 6. The highest BCUT2D eigenvalue weighted by Crippen LogP contribution is 2.35. The lowest BCUT2D eigenvalue weighted by molar-refractivity contribution is -0.340. The molecule has 0 aromatic carbocycles. The van der Waals surface area contributed by atoms with Crippen LogP contribution in [-0.4, -0.2) is 230 Å². The zero-order chi connectivity index (χ0) is 52.3. The Kier molecular flexibility index (Phi) is 24.2. The number of hydrogen-bond acceptors (Lipinski definition) is 27. The van der Waals surface area contributed by atoms with Gasteiger partial charge in [-0.25, -0.2) is 21.5 Å². The Balaban J connectivity index is 2.66. The number of ether oxygens (including phenoxy) is 7. The van der Waals surface area contributed by atoms with E-state index < -0.39 is 183 Å². The van der Waals surface area contributed by atoms with E-state index in [4.69, 9.17) is 37.7 Å². The lowest BCUT2D eigenvalue weighted by atomic mass is 9.91. The van der Waals surface area contributed by atoms with Crippen LogP contribution in [0, 0.1) is 11.8 Å². The molecule has 0 saturated carbocycles. The summed E-state index contributed by atoms with van der Waals surface area (Å²) in [5.74, 6) is -7.04. The van der Waals surface area contributed by atoms with Crippen molar-refractivity contribution in [2.24, 2.45) is 11.8 Å². The molecular weight excluding hydrogens is 1030 g/mol. The Morgan fingerprint density at radius 1 is 0.647 bits per heavy atom. The molecule has 2 rings (SSSR count). The number of carboxylic acid groups (broad SMARTS) is 2. The first-order valence-electron chi connectivity index (χ1n) is 19.6. The van der Waals surface area contributed by atoms with Gasteiger partial charge in [-0.3, -0.25) is 23.0 Å². The van der Waals surface area contributed by atoms with Crippen LogP contribution in [0.15, 0.2) is 0 Å². The van der Waals surface area contributed by atoms with Gasteiger partial charge in [0.15, 0.2) is 31.1 Å². The molecule has 2 fully saturated rings. The van der Waals surface area contributed by atoms with Crippen molar-refractivity contribution in [1.29, 1.82) is 0 Å². The molecule has 12 N–H and O–H groups in total. The van der Waals surface area contributed by atoms with Crippen LogP contribution in [0.2, 0.25) is 0 Å². The van der Waals surface area contributed by atoms with Gasteiger partial charge in [-0.05, 0) is 6.42 Å². The normalized spacial score (nSPS) is 30.1. The van der Waals surface area contributed by atoms with Gasteiger partial charge in [0.25, 0.3) is 0 Å². The van der Waals surface area contributed by atoms with E-state index >= 15 is 0 Å². The number of methoxy groups -OCH3 is 1. The molecule has 0 amide bonds.